The number of nitrogens with zero attached hydrogens (tertiary/aromatic N) is 1. The van der Waals surface area contributed by atoms with E-state index in [2.05, 4.69) is 27.9 Å². The maximum Gasteiger partial charge on any atom is 0.251 e. The Bertz CT molecular complexity index is 809. The number of carbonyl (C=O) groups is 1. The van der Waals surface area contributed by atoms with Crippen LogP contribution in [0.1, 0.15) is 46.8 Å². The van der Waals surface area contributed by atoms with Gasteiger partial charge in [-0.1, -0.05) is 37.6 Å². The van der Waals surface area contributed by atoms with E-state index >= 15 is 0 Å². The molecule has 0 fully saturated rings. The molecule has 5 nitrogen and oxygen atoms in total. The van der Waals surface area contributed by atoms with Crippen LogP contribution in [0, 0.1) is 12.7 Å². The Morgan fingerprint density at radius 3 is 2.21 bits per heavy atom. The van der Waals surface area contributed by atoms with E-state index in [0.717, 1.165) is 24.0 Å². The summed E-state index contributed by atoms with van der Waals surface area (Å²) in [7, 11) is 1.69. The molecule has 0 aliphatic heterocycles. The molecule has 0 atom stereocenters. The van der Waals surface area contributed by atoms with Crippen LogP contribution < -0.4 is 16.0 Å². The molecule has 0 heterocycles. The van der Waals surface area contributed by atoms with Gasteiger partial charge in [-0.2, -0.15) is 0 Å². The third kappa shape index (κ3) is 8.39. The second-order valence-corrected chi connectivity index (χ2v) is 6.67. The van der Waals surface area contributed by atoms with E-state index in [1.165, 1.54) is 6.07 Å². The van der Waals surface area contributed by atoms with Gasteiger partial charge in [-0.3, -0.25) is 9.79 Å². The molecule has 0 aliphatic rings. The normalized spacial score (nSPS) is 10.8. The molecular weight excluding hydrogens is 482 g/mol. The Hall–Kier alpha value is -2.16. The minimum atomic E-state index is -0.207. The number of amides is 1. The highest BCUT2D eigenvalue weighted by atomic mass is 127. The molecule has 1 amide bonds. The first-order chi connectivity index (χ1) is 13.5. The molecule has 7 heteroatoms. The Labute approximate surface area is 189 Å². The highest BCUT2D eigenvalue weighted by Gasteiger charge is 2.05. The number of carbonyl (C=O) groups excluding carboxylic acids is 1. The molecule has 158 valence electrons. The summed E-state index contributed by atoms with van der Waals surface area (Å²) < 4.78 is 13.6. The fourth-order valence-corrected chi connectivity index (χ4v) is 2.59. The van der Waals surface area contributed by atoms with E-state index in [1.54, 1.807) is 20.0 Å². The van der Waals surface area contributed by atoms with Crippen molar-refractivity contribution in [2.45, 2.75) is 39.8 Å². The summed E-state index contributed by atoms with van der Waals surface area (Å²) >= 11 is 0. The van der Waals surface area contributed by atoms with E-state index in [-0.39, 0.29) is 35.7 Å². The van der Waals surface area contributed by atoms with Gasteiger partial charge in [-0.15, -0.1) is 24.0 Å². The van der Waals surface area contributed by atoms with E-state index in [0.29, 0.717) is 36.7 Å². The van der Waals surface area contributed by atoms with Crippen molar-refractivity contribution in [1.82, 2.24) is 16.0 Å². The summed E-state index contributed by atoms with van der Waals surface area (Å²) in [5.74, 6) is 0.374. The van der Waals surface area contributed by atoms with Crippen LogP contribution in [0.2, 0.25) is 0 Å². The maximum absolute atomic E-state index is 13.6. The summed E-state index contributed by atoms with van der Waals surface area (Å²) in [5, 5.41) is 9.29. The minimum Gasteiger partial charge on any atom is -0.352 e. The molecule has 2 aromatic carbocycles. The summed E-state index contributed by atoms with van der Waals surface area (Å²) in [5.41, 5.74) is 3.18. The van der Waals surface area contributed by atoms with Gasteiger partial charge in [0.2, 0.25) is 0 Å². The van der Waals surface area contributed by atoms with Crippen molar-refractivity contribution in [3.05, 3.63) is 70.5 Å². The van der Waals surface area contributed by atoms with Crippen molar-refractivity contribution in [3.63, 3.8) is 0 Å². The largest absolute Gasteiger partial charge is 0.352 e. The van der Waals surface area contributed by atoms with Crippen molar-refractivity contribution in [2.75, 3.05) is 13.6 Å². The van der Waals surface area contributed by atoms with Crippen LogP contribution in [-0.2, 0) is 13.1 Å². The summed E-state index contributed by atoms with van der Waals surface area (Å²) in [6.07, 6.45) is 2.04. The van der Waals surface area contributed by atoms with E-state index in [9.17, 15) is 9.18 Å². The molecule has 0 bridgehead atoms. The molecule has 0 aromatic heterocycles. The average Bonchev–Trinajstić information content (AvgIpc) is 2.71. The third-order valence-electron chi connectivity index (χ3n) is 4.41. The second kappa shape index (κ2) is 13.1. The van der Waals surface area contributed by atoms with Crippen LogP contribution in [0.3, 0.4) is 0 Å². The zero-order valence-electron chi connectivity index (χ0n) is 17.2. The monoisotopic (exact) mass is 512 g/mol. The Morgan fingerprint density at radius 1 is 1.00 bits per heavy atom. The van der Waals surface area contributed by atoms with Crippen molar-refractivity contribution in [2.24, 2.45) is 4.99 Å². The standard InChI is InChI=1S/C22H29FN4O.HI/c1-4-5-12-25-21(28)19-10-8-17(9-11-19)14-26-22(24-3)27-15-18-7-6-16(2)20(23)13-18;/h6-11,13H,4-5,12,14-15H2,1-3H3,(H,25,28)(H2,24,26,27);1H. The fourth-order valence-electron chi connectivity index (χ4n) is 2.59. The number of hydrogen-bond donors (Lipinski definition) is 3. The number of guanidine groups is 1. The predicted molar refractivity (Wildman–Crippen MR) is 127 cm³/mol. The highest BCUT2D eigenvalue weighted by molar-refractivity contribution is 14.0. The minimum absolute atomic E-state index is 0. The van der Waals surface area contributed by atoms with Gasteiger partial charge in [-0.25, -0.2) is 4.39 Å². The first-order valence-electron chi connectivity index (χ1n) is 9.60. The number of nitrogens with one attached hydrogen (secondary N) is 3. The lowest BCUT2D eigenvalue weighted by Crippen LogP contribution is -2.36. The fraction of sp³-hybridized carbons (Fsp3) is 0.364. The summed E-state index contributed by atoms with van der Waals surface area (Å²) in [6.45, 7) is 5.59. The number of hydrogen-bond acceptors (Lipinski definition) is 2. The smallest absolute Gasteiger partial charge is 0.251 e. The SMILES string of the molecule is CCCCNC(=O)c1ccc(CNC(=NC)NCc2ccc(C)c(F)c2)cc1.I. The van der Waals surface area contributed by atoms with Crippen LogP contribution in [0.5, 0.6) is 0 Å². The zero-order valence-corrected chi connectivity index (χ0v) is 19.5. The molecule has 0 saturated heterocycles. The van der Waals surface area contributed by atoms with Crippen LogP contribution >= 0.6 is 24.0 Å². The number of aliphatic imine (C=N–C) groups is 1. The molecule has 3 N–H and O–H groups in total. The molecule has 0 saturated carbocycles. The van der Waals surface area contributed by atoms with E-state index in [1.807, 2.05) is 30.3 Å². The maximum atomic E-state index is 13.6. The molecule has 0 unspecified atom stereocenters. The van der Waals surface area contributed by atoms with Crippen LogP contribution in [0.15, 0.2) is 47.5 Å². The van der Waals surface area contributed by atoms with Gasteiger partial charge >= 0.3 is 0 Å². The van der Waals surface area contributed by atoms with Gasteiger partial charge in [0.25, 0.3) is 5.91 Å². The molecular formula is C22H30FIN4O. The van der Waals surface area contributed by atoms with Crippen LogP contribution in [0.4, 0.5) is 4.39 Å². The molecule has 0 spiro atoms. The van der Waals surface area contributed by atoms with Gasteiger partial charge in [0.1, 0.15) is 5.82 Å². The predicted octanol–water partition coefficient (Wildman–Crippen LogP) is 4.15. The zero-order chi connectivity index (χ0) is 20.4. The first-order valence-corrected chi connectivity index (χ1v) is 9.60. The van der Waals surface area contributed by atoms with Crippen LogP contribution in [-0.4, -0.2) is 25.5 Å². The van der Waals surface area contributed by atoms with Gasteiger partial charge < -0.3 is 16.0 Å². The Kier molecular flexibility index (Phi) is 11.3. The van der Waals surface area contributed by atoms with Gasteiger partial charge in [0, 0.05) is 32.2 Å². The van der Waals surface area contributed by atoms with Gasteiger partial charge in [0.15, 0.2) is 5.96 Å². The number of halogens is 2. The number of rotatable bonds is 8. The number of benzene rings is 2. The van der Waals surface area contributed by atoms with Crippen molar-refractivity contribution < 1.29 is 9.18 Å². The topological polar surface area (TPSA) is 65.5 Å². The van der Waals surface area contributed by atoms with E-state index < -0.39 is 0 Å². The lowest BCUT2D eigenvalue weighted by atomic mass is 10.1. The summed E-state index contributed by atoms with van der Waals surface area (Å²) in [4.78, 5) is 16.2. The average molecular weight is 512 g/mol. The van der Waals surface area contributed by atoms with Crippen molar-refractivity contribution >= 4 is 35.8 Å². The number of aryl methyl sites for hydroxylation is 1. The first kappa shape index (κ1) is 24.9. The molecule has 2 rings (SSSR count). The number of unbranched alkanes of at least 4 members (excludes halogenated alkanes) is 1. The Balaban J connectivity index is 0.00000420. The highest BCUT2D eigenvalue weighted by Crippen LogP contribution is 2.09. The van der Waals surface area contributed by atoms with Crippen molar-refractivity contribution in [1.29, 1.82) is 0 Å². The summed E-state index contributed by atoms with van der Waals surface area (Å²) in [6, 6.07) is 12.7. The third-order valence-corrected chi connectivity index (χ3v) is 4.41. The van der Waals surface area contributed by atoms with Gasteiger partial charge in [0.05, 0.1) is 0 Å². The van der Waals surface area contributed by atoms with Crippen molar-refractivity contribution in [3.8, 4) is 0 Å². The lowest BCUT2D eigenvalue weighted by Gasteiger charge is -2.13. The Morgan fingerprint density at radius 2 is 1.62 bits per heavy atom. The second-order valence-electron chi connectivity index (χ2n) is 6.67. The molecule has 2 aromatic rings. The molecule has 0 aliphatic carbocycles. The molecule has 0 radical (unpaired) electrons. The van der Waals surface area contributed by atoms with Gasteiger partial charge in [-0.05, 0) is 48.2 Å². The van der Waals surface area contributed by atoms with Crippen LogP contribution in [0.25, 0.3) is 0 Å². The van der Waals surface area contributed by atoms with E-state index in [4.69, 9.17) is 0 Å². The quantitative estimate of drug-likeness (QED) is 0.216. The lowest BCUT2D eigenvalue weighted by molar-refractivity contribution is 0.0953. The molecule has 29 heavy (non-hydrogen) atoms.